The Morgan fingerprint density at radius 2 is 2.33 bits per heavy atom. The highest BCUT2D eigenvalue weighted by atomic mass is 16.6. The molecule has 2 rings (SSSR count). The lowest BCUT2D eigenvalue weighted by Gasteiger charge is -2.47. The largest absolute Gasteiger partial charge is 0.372 e. The van der Waals surface area contributed by atoms with Crippen LogP contribution in [-0.2, 0) is 9.47 Å². The lowest BCUT2D eigenvalue weighted by Crippen LogP contribution is -2.66. The van der Waals surface area contributed by atoms with Gasteiger partial charge in [-0.1, -0.05) is 13.3 Å². The number of nitrogens with one attached hydrogen (secondary N) is 1. The molecular formula is C9H17NO2. The zero-order valence-corrected chi connectivity index (χ0v) is 7.64. The van der Waals surface area contributed by atoms with Gasteiger partial charge in [-0.05, 0) is 12.8 Å². The van der Waals surface area contributed by atoms with Gasteiger partial charge in [0.1, 0.15) is 0 Å². The molecule has 2 fully saturated rings. The molecule has 2 heterocycles. The average molecular weight is 171 g/mol. The van der Waals surface area contributed by atoms with Gasteiger partial charge in [-0.25, -0.2) is 0 Å². The Balaban J connectivity index is 1.85. The van der Waals surface area contributed by atoms with Crippen LogP contribution in [0.15, 0.2) is 0 Å². The molecule has 3 heteroatoms. The molecule has 12 heavy (non-hydrogen) atoms. The van der Waals surface area contributed by atoms with E-state index in [2.05, 4.69) is 12.2 Å². The summed E-state index contributed by atoms with van der Waals surface area (Å²) in [7, 11) is 0. The molecule has 0 saturated carbocycles. The van der Waals surface area contributed by atoms with Gasteiger partial charge in [0, 0.05) is 6.54 Å². The molecule has 0 aromatic heterocycles. The molecular weight excluding hydrogens is 154 g/mol. The number of ether oxygens (including phenoxy) is 2. The van der Waals surface area contributed by atoms with Gasteiger partial charge < -0.3 is 9.47 Å². The fourth-order valence-corrected chi connectivity index (χ4v) is 1.86. The topological polar surface area (TPSA) is 30.5 Å². The van der Waals surface area contributed by atoms with Crippen LogP contribution in [0.2, 0.25) is 0 Å². The minimum Gasteiger partial charge on any atom is -0.372 e. The van der Waals surface area contributed by atoms with E-state index in [-0.39, 0.29) is 5.72 Å². The highest BCUT2D eigenvalue weighted by Crippen LogP contribution is 2.26. The van der Waals surface area contributed by atoms with Crippen molar-refractivity contribution in [2.45, 2.75) is 38.0 Å². The van der Waals surface area contributed by atoms with Crippen LogP contribution in [-0.4, -0.2) is 31.6 Å². The molecule has 2 aliphatic rings. The molecule has 0 radical (unpaired) electrons. The fourth-order valence-electron chi connectivity index (χ4n) is 1.86. The monoisotopic (exact) mass is 171 g/mol. The smallest absolute Gasteiger partial charge is 0.166 e. The van der Waals surface area contributed by atoms with Crippen LogP contribution in [0.4, 0.5) is 0 Å². The Labute approximate surface area is 73.4 Å². The molecule has 0 amide bonds. The summed E-state index contributed by atoms with van der Waals surface area (Å²) in [6.45, 7) is 4.74. The highest BCUT2D eigenvalue weighted by Gasteiger charge is 2.43. The van der Waals surface area contributed by atoms with Gasteiger partial charge in [0.2, 0.25) is 0 Å². The van der Waals surface area contributed by atoms with Crippen LogP contribution in [0.1, 0.15) is 26.2 Å². The van der Waals surface area contributed by atoms with E-state index in [9.17, 15) is 0 Å². The molecule has 0 aliphatic carbocycles. The normalized spacial score (nSPS) is 33.2. The molecule has 2 saturated heterocycles. The maximum absolute atomic E-state index is 5.91. The van der Waals surface area contributed by atoms with Crippen molar-refractivity contribution in [1.82, 2.24) is 5.32 Å². The molecule has 0 aromatic carbocycles. The molecule has 70 valence electrons. The average Bonchev–Trinajstić information content (AvgIpc) is 2.03. The molecule has 1 spiro atoms. The second-order valence-electron chi connectivity index (χ2n) is 3.73. The number of hydrogen-bond acceptors (Lipinski definition) is 3. The van der Waals surface area contributed by atoms with Gasteiger partial charge in [0.25, 0.3) is 0 Å². The van der Waals surface area contributed by atoms with Crippen molar-refractivity contribution >= 4 is 0 Å². The minimum atomic E-state index is -0.0991. The quantitative estimate of drug-likeness (QED) is 0.669. The van der Waals surface area contributed by atoms with Crippen molar-refractivity contribution in [2.75, 3.05) is 19.8 Å². The van der Waals surface area contributed by atoms with E-state index in [1.165, 1.54) is 12.8 Å². The Kier molecular flexibility index (Phi) is 2.35. The molecule has 3 nitrogen and oxygen atoms in total. The van der Waals surface area contributed by atoms with Crippen LogP contribution >= 0.6 is 0 Å². The van der Waals surface area contributed by atoms with Gasteiger partial charge in [0.05, 0.1) is 19.3 Å². The van der Waals surface area contributed by atoms with E-state index in [1.807, 2.05) is 0 Å². The first-order valence-corrected chi connectivity index (χ1v) is 4.85. The first-order chi connectivity index (χ1) is 5.85. The van der Waals surface area contributed by atoms with Gasteiger partial charge in [-0.15, -0.1) is 0 Å². The van der Waals surface area contributed by atoms with Crippen LogP contribution in [0, 0.1) is 0 Å². The SMILES string of the molecule is CCCC1CCNC2(COC2)O1. The summed E-state index contributed by atoms with van der Waals surface area (Å²) in [5, 5.41) is 3.37. The van der Waals surface area contributed by atoms with E-state index in [4.69, 9.17) is 9.47 Å². The summed E-state index contributed by atoms with van der Waals surface area (Å²) < 4.78 is 11.1. The van der Waals surface area contributed by atoms with Crippen LogP contribution in [0.3, 0.4) is 0 Å². The van der Waals surface area contributed by atoms with Gasteiger partial charge in [0.15, 0.2) is 5.72 Å². The van der Waals surface area contributed by atoms with E-state index in [0.29, 0.717) is 6.10 Å². The summed E-state index contributed by atoms with van der Waals surface area (Å²) in [6.07, 6.45) is 4.00. The predicted molar refractivity (Wildman–Crippen MR) is 46.0 cm³/mol. The third kappa shape index (κ3) is 1.49. The lowest BCUT2D eigenvalue weighted by atomic mass is 10.0. The molecule has 1 N–H and O–H groups in total. The van der Waals surface area contributed by atoms with Crippen molar-refractivity contribution in [1.29, 1.82) is 0 Å². The Hall–Kier alpha value is -0.120. The highest BCUT2D eigenvalue weighted by molar-refractivity contribution is 4.89. The standard InChI is InChI=1S/C9H17NO2/c1-2-3-8-4-5-10-9(12-8)6-11-7-9/h8,10H,2-7H2,1H3. The van der Waals surface area contributed by atoms with Crippen LogP contribution in [0.5, 0.6) is 0 Å². The van der Waals surface area contributed by atoms with Crippen molar-refractivity contribution in [3.05, 3.63) is 0 Å². The summed E-state index contributed by atoms with van der Waals surface area (Å²) in [5.74, 6) is 0. The van der Waals surface area contributed by atoms with E-state index in [0.717, 1.165) is 26.2 Å². The first-order valence-electron chi connectivity index (χ1n) is 4.85. The third-order valence-electron chi connectivity index (χ3n) is 2.59. The Morgan fingerprint density at radius 3 is 2.92 bits per heavy atom. The second kappa shape index (κ2) is 3.32. The Bertz CT molecular complexity index is 155. The van der Waals surface area contributed by atoms with Crippen molar-refractivity contribution in [3.63, 3.8) is 0 Å². The third-order valence-corrected chi connectivity index (χ3v) is 2.59. The number of rotatable bonds is 2. The zero-order chi connectivity index (χ0) is 8.44. The molecule has 1 atom stereocenters. The first kappa shape index (κ1) is 8.48. The zero-order valence-electron chi connectivity index (χ0n) is 7.64. The predicted octanol–water partition coefficient (Wildman–Crippen LogP) is 0.891. The van der Waals surface area contributed by atoms with Crippen molar-refractivity contribution in [2.24, 2.45) is 0 Å². The van der Waals surface area contributed by atoms with Gasteiger partial charge in [-0.3, -0.25) is 5.32 Å². The molecule has 1 unspecified atom stereocenters. The summed E-state index contributed by atoms with van der Waals surface area (Å²) in [5.41, 5.74) is -0.0991. The van der Waals surface area contributed by atoms with Crippen LogP contribution in [0.25, 0.3) is 0 Å². The fraction of sp³-hybridized carbons (Fsp3) is 1.00. The lowest BCUT2D eigenvalue weighted by molar-refractivity contribution is -0.262. The van der Waals surface area contributed by atoms with Gasteiger partial charge >= 0.3 is 0 Å². The van der Waals surface area contributed by atoms with E-state index in [1.54, 1.807) is 0 Å². The number of hydrogen-bond donors (Lipinski definition) is 1. The minimum absolute atomic E-state index is 0.0991. The summed E-state index contributed by atoms with van der Waals surface area (Å²) >= 11 is 0. The second-order valence-corrected chi connectivity index (χ2v) is 3.73. The molecule has 0 bridgehead atoms. The van der Waals surface area contributed by atoms with Crippen molar-refractivity contribution in [3.8, 4) is 0 Å². The van der Waals surface area contributed by atoms with Gasteiger partial charge in [-0.2, -0.15) is 0 Å². The van der Waals surface area contributed by atoms with E-state index < -0.39 is 0 Å². The van der Waals surface area contributed by atoms with Crippen LogP contribution < -0.4 is 5.32 Å². The maximum Gasteiger partial charge on any atom is 0.166 e. The van der Waals surface area contributed by atoms with E-state index >= 15 is 0 Å². The summed E-state index contributed by atoms with van der Waals surface area (Å²) in [4.78, 5) is 0. The maximum atomic E-state index is 5.91. The molecule has 0 aromatic rings. The van der Waals surface area contributed by atoms with Crippen molar-refractivity contribution < 1.29 is 9.47 Å². The summed E-state index contributed by atoms with van der Waals surface area (Å²) in [6, 6.07) is 0. The Morgan fingerprint density at radius 1 is 1.50 bits per heavy atom. The molecule has 2 aliphatic heterocycles.